The zero-order valence-electron chi connectivity index (χ0n) is 9.45. The Balaban J connectivity index is 2.17. The van der Waals surface area contributed by atoms with E-state index < -0.39 is 0 Å². The molecule has 1 fully saturated rings. The van der Waals surface area contributed by atoms with E-state index in [4.69, 9.17) is 28.9 Å². The average Bonchev–Trinajstić information content (AvgIpc) is 2.57. The molecule has 1 amide bonds. The van der Waals surface area contributed by atoms with Crippen molar-refractivity contribution in [2.24, 2.45) is 5.73 Å². The van der Waals surface area contributed by atoms with Crippen LogP contribution in [0.2, 0.25) is 8.67 Å². The van der Waals surface area contributed by atoms with Crippen LogP contribution in [0, 0.1) is 0 Å². The summed E-state index contributed by atoms with van der Waals surface area (Å²) in [5.41, 5.74) is 6.38. The number of likely N-dealkylation sites (tertiary alicyclic amines) is 1. The van der Waals surface area contributed by atoms with Gasteiger partial charge in [-0.25, -0.2) is 0 Å². The summed E-state index contributed by atoms with van der Waals surface area (Å²) in [6.45, 7) is 2.70. The van der Waals surface area contributed by atoms with E-state index in [-0.39, 0.29) is 18.0 Å². The highest BCUT2D eigenvalue weighted by molar-refractivity contribution is 7.20. The van der Waals surface area contributed by atoms with Gasteiger partial charge in [0, 0.05) is 18.6 Å². The third kappa shape index (κ3) is 2.76. The summed E-state index contributed by atoms with van der Waals surface area (Å²) in [5, 5.41) is 0. The fourth-order valence-corrected chi connectivity index (χ4v) is 3.60. The molecule has 0 saturated carbocycles. The second-order valence-corrected chi connectivity index (χ2v) is 6.66. The Hall–Kier alpha value is -0.290. The smallest absolute Gasteiger partial charge is 0.256 e. The molecule has 0 bridgehead atoms. The van der Waals surface area contributed by atoms with E-state index in [1.807, 2.05) is 11.8 Å². The van der Waals surface area contributed by atoms with Gasteiger partial charge < -0.3 is 10.6 Å². The minimum absolute atomic E-state index is 0.0439. The summed E-state index contributed by atoms with van der Waals surface area (Å²) in [4.78, 5) is 14.1. The average molecular weight is 293 g/mol. The molecule has 94 valence electrons. The highest BCUT2D eigenvalue weighted by Crippen LogP contribution is 2.33. The summed E-state index contributed by atoms with van der Waals surface area (Å²) < 4.78 is 1.00. The first-order chi connectivity index (χ1) is 7.99. The maximum Gasteiger partial charge on any atom is 0.256 e. The number of hydrogen-bond donors (Lipinski definition) is 1. The summed E-state index contributed by atoms with van der Waals surface area (Å²) in [5.74, 6) is -0.0439. The molecule has 0 aromatic carbocycles. The summed E-state index contributed by atoms with van der Waals surface area (Å²) >= 11 is 13.1. The maximum absolute atomic E-state index is 12.3. The van der Waals surface area contributed by atoms with Gasteiger partial charge in [0.15, 0.2) is 0 Å². The van der Waals surface area contributed by atoms with E-state index in [0.717, 1.165) is 12.8 Å². The largest absolute Gasteiger partial charge is 0.336 e. The van der Waals surface area contributed by atoms with Gasteiger partial charge in [-0.2, -0.15) is 0 Å². The summed E-state index contributed by atoms with van der Waals surface area (Å²) in [6, 6.07) is 1.98. The van der Waals surface area contributed by atoms with Crippen LogP contribution in [-0.2, 0) is 0 Å². The minimum atomic E-state index is -0.0439. The molecule has 0 aliphatic carbocycles. The lowest BCUT2D eigenvalue weighted by Crippen LogP contribution is -2.48. The molecule has 17 heavy (non-hydrogen) atoms. The van der Waals surface area contributed by atoms with Crippen LogP contribution < -0.4 is 5.73 Å². The van der Waals surface area contributed by atoms with Crippen molar-refractivity contribution in [1.82, 2.24) is 4.90 Å². The predicted octanol–water partition coefficient (Wildman–Crippen LogP) is 3.01. The molecule has 1 aliphatic rings. The molecule has 2 heterocycles. The van der Waals surface area contributed by atoms with Gasteiger partial charge in [-0.3, -0.25) is 4.79 Å². The molecular formula is C11H14Cl2N2OS. The topological polar surface area (TPSA) is 46.3 Å². The molecule has 2 N–H and O–H groups in total. The van der Waals surface area contributed by atoms with Gasteiger partial charge in [0.05, 0.1) is 9.90 Å². The Labute approximate surface area is 114 Å². The lowest BCUT2D eigenvalue weighted by Gasteiger charge is -2.36. The Bertz CT molecular complexity index is 435. The molecule has 1 aromatic heterocycles. The van der Waals surface area contributed by atoms with Crippen molar-refractivity contribution in [2.45, 2.75) is 31.8 Å². The number of amides is 1. The van der Waals surface area contributed by atoms with Crippen molar-refractivity contribution in [3.05, 3.63) is 20.3 Å². The number of carbonyl (C=O) groups is 1. The SMILES string of the molecule is C[C@H]1C[C@@H](N)CCN1C(=O)c1cc(Cl)sc1Cl. The summed E-state index contributed by atoms with van der Waals surface area (Å²) in [7, 11) is 0. The Morgan fingerprint density at radius 2 is 2.29 bits per heavy atom. The molecule has 1 aromatic rings. The van der Waals surface area contributed by atoms with Gasteiger partial charge in [0.25, 0.3) is 5.91 Å². The van der Waals surface area contributed by atoms with Crippen molar-refractivity contribution < 1.29 is 4.79 Å². The molecule has 0 spiro atoms. The fraction of sp³-hybridized carbons (Fsp3) is 0.545. The zero-order chi connectivity index (χ0) is 12.6. The van der Waals surface area contributed by atoms with E-state index >= 15 is 0 Å². The van der Waals surface area contributed by atoms with Gasteiger partial charge in [-0.1, -0.05) is 23.2 Å². The Morgan fingerprint density at radius 3 is 2.82 bits per heavy atom. The van der Waals surface area contributed by atoms with Crippen LogP contribution in [0.5, 0.6) is 0 Å². The number of halogens is 2. The Kier molecular flexibility index (Phi) is 3.98. The Morgan fingerprint density at radius 1 is 1.59 bits per heavy atom. The standard InChI is InChI=1S/C11H14Cl2N2OS/c1-6-4-7(14)2-3-15(6)11(16)8-5-9(12)17-10(8)13/h5-7H,2-4,14H2,1H3/t6-,7-/m0/s1. The fourth-order valence-electron chi connectivity index (χ4n) is 2.15. The van der Waals surface area contributed by atoms with Crippen molar-refractivity contribution >= 4 is 40.4 Å². The highest BCUT2D eigenvalue weighted by Gasteiger charge is 2.29. The number of nitrogens with zero attached hydrogens (tertiary/aromatic N) is 1. The number of nitrogens with two attached hydrogens (primary N) is 1. The normalized spacial score (nSPS) is 25.1. The highest BCUT2D eigenvalue weighted by atomic mass is 35.5. The van der Waals surface area contributed by atoms with Gasteiger partial charge in [0.1, 0.15) is 4.34 Å². The second-order valence-electron chi connectivity index (χ2n) is 4.37. The molecule has 0 unspecified atom stereocenters. The first-order valence-electron chi connectivity index (χ1n) is 5.50. The molecular weight excluding hydrogens is 279 g/mol. The maximum atomic E-state index is 12.3. The number of carbonyl (C=O) groups excluding carboxylic acids is 1. The van der Waals surface area contributed by atoms with Crippen LogP contribution in [0.1, 0.15) is 30.1 Å². The first kappa shape index (κ1) is 13.1. The van der Waals surface area contributed by atoms with Crippen molar-refractivity contribution in [2.75, 3.05) is 6.54 Å². The van der Waals surface area contributed by atoms with Crippen molar-refractivity contribution in [3.63, 3.8) is 0 Å². The number of thiophene rings is 1. The van der Waals surface area contributed by atoms with E-state index in [1.165, 1.54) is 11.3 Å². The second kappa shape index (κ2) is 5.14. The number of rotatable bonds is 1. The lowest BCUT2D eigenvalue weighted by molar-refractivity contribution is 0.0620. The lowest BCUT2D eigenvalue weighted by atomic mass is 9.98. The van der Waals surface area contributed by atoms with E-state index in [9.17, 15) is 4.79 Å². The number of hydrogen-bond acceptors (Lipinski definition) is 3. The molecule has 3 nitrogen and oxygen atoms in total. The van der Waals surface area contributed by atoms with Gasteiger partial charge in [-0.05, 0) is 25.8 Å². The van der Waals surface area contributed by atoms with Crippen LogP contribution in [0.4, 0.5) is 0 Å². The van der Waals surface area contributed by atoms with Gasteiger partial charge in [-0.15, -0.1) is 11.3 Å². The van der Waals surface area contributed by atoms with E-state index in [1.54, 1.807) is 6.07 Å². The van der Waals surface area contributed by atoms with Crippen LogP contribution in [0.25, 0.3) is 0 Å². The van der Waals surface area contributed by atoms with Crippen LogP contribution >= 0.6 is 34.5 Å². The van der Waals surface area contributed by atoms with Gasteiger partial charge in [0.2, 0.25) is 0 Å². The first-order valence-corrected chi connectivity index (χ1v) is 7.07. The van der Waals surface area contributed by atoms with Crippen molar-refractivity contribution in [3.8, 4) is 0 Å². The third-order valence-corrected chi connectivity index (χ3v) is 4.55. The van der Waals surface area contributed by atoms with E-state index in [0.29, 0.717) is 20.8 Å². The van der Waals surface area contributed by atoms with Crippen LogP contribution in [0.3, 0.4) is 0 Å². The number of piperidine rings is 1. The van der Waals surface area contributed by atoms with Crippen molar-refractivity contribution in [1.29, 1.82) is 0 Å². The summed E-state index contributed by atoms with van der Waals surface area (Å²) in [6.07, 6.45) is 1.67. The monoisotopic (exact) mass is 292 g/mol. The molecule has 0 radical (unpaired) electrons. The molecule has 1 aliphatic heterocycles. The van der Waals surface area contributed by atoms with Crippen LogP contribution in [-0.4, -0.2) is 29.4 Å². The molecule has 1 saturated heterocycles. The molecule has 6 heteroatoms. The molecule has 2 atom stereocenters. The van der Waals surface area contributed by atoms with E-state index in [2.05, 4.69) is 0 Å². The van der Waals surface area contributed by atoms with Gasteiger partial charge >= 0.3 is 0 Å². The zero-order valence-corrected chi connectivity index (χ0v) is 11.8. The third-order valence-electron chi connectivity index (χ3n) is 3.06. The minimum Gasteiger partial charge on any atom is -0.336 e. The van der Waals surface area contributed by atoms with Crippen LogP contribution in [0.15, 0.2) is 6.07 Å². The predicted molar refractivity (Wildman–Crippen MR) is 72.0 cm³/mol. The quantitative estimate of drug-likeness (QED) is 0.865. The molecule has 2 rings (SSSR count).